The zero-order valence-corrected chi connectivity index (χ0v) is 14.1. The van der Waals surface area contributed by atoms with Crippen LogP contribution in [0.4, 0.5) is 4.39 Å². The smallest absolute Gasteiger partial charge is 0.254 e. The Morgan fingerprint density at radius 3 is 2.65 bits per heavy atom. The second-order valence-corrected chi connectivity index (χ2v) is 6.94. The van der Waals surface area contributed by atoms with E-state index in [9.17, 15) is 9.18 Å². The molecule has 2 aliphatic heterocycles. The number of hydrogen-bond donors (Lipinski definition) is 0. The van der Waals surface area contributed by atoms with Gasteiger partial charge in [-0.15, -0.1) is 0 Å². The summed E-state index contributed by atoms with van der Waals surface area (Å²) < 4.78 is 13.3. The molecule has 126 valence electrons. The molecule has 0 N–H and O–H groups in total. The number of benzene rings is 1. The minimum Gasteiger partial charge on any atom is -0.336 e. The number of likely N-dealkylation sites (tertiary alicyclic amines) is 2. The third kappa shape index (κ3) is 3.92. The van der Waals surface area contributed by atoms with Crippen molar-refractivity contribution in [2.24, 2.45) is 0 Å². The highest BCUT2D eigenvalue weighted by Gasteiger charge is 2.28. The predicted molar refractivity (Wildman–Crippen MR) is 90.1 cm³/mol. The van der Waals surface area contributed by atoms with Crippen LogP contribution < -0.4 is 0 Å². The van der Waals surface area contributed by atoms with Crippen molar-refractivity contribution in [2.45, 2.75) is 51.5 Å². The van der Waals surface area contributed by atoms with E-state index in [1.807, 2.05) is 11.8 Å². The van der Waals surface area contributed by atoms with Gasteiger partial charge in [-0.1, -0.05) is 0 Å². The summed E-state index contributed by atoms with van der Waals surface area (Å²) in [5.74, 6) is -0.197. The standard InChI is InChI=1S/C19H27FN2O/c1-15-14-16(20)7-8-18(15)19(23)22-12-3-2-6-17(22)9-13-21-10-4-5-11-21/h7-8,14,17H,2-6,9-13H2,1H3/t17-/m1/s1. The number of aryl methyl sites for hydroxylation is 1. The number of amides is 1. The topological polar surface area (TPSA) is 23.6 Å². The zero-order chi connectivity index (χ0) is 16.2. The summed E-state index contributed by atoms with van der Waals surface area (Å²) >= 11 is 0. The van der Waals surface area contributed by atoms with Crippen LogP contribution in [0, 0.1) is 12.7 Å². The summed E-state index contributed by atoms with van der Waals surface area (Å²) in [4.78, 5) is 17.5. The lowest BCUT2D eigenvalue weighted by molar-refractivity contribution is 0.0587. The lowest BCUT2D eigenvalue weighted by Gasteiger charge is -2.37. The molecule has 0 aliphatic carbocycles. The van der Waals surface area contributed by atoms with Gasteiger partial charge in [0.2, 0.25) is 0 Å². The highest BCUT2D eigenvalue weighted by Crippen LogP contribution is 2.24. The van der Waals surface area contributed by atoms with Gasteiger partial charge in [-0.25, -0.2) is 4.39 Å². The Kier molecular flexibility index (Phi) is 5.31. The Labute approximate surface area is 138 Å². The lowest BCUT2D eigenvalue weighted by atomic mass is 9.97. The molecule has 0 saturated carbocycles. The van der Waals surface area contributed by atoms with Gasteiger partial charge in [0.25, 0.3) is 5.91 Å². The number of nitrogens with zero attached hydrogens (tertiary/aromatic N) is 2. The Balaban J connectivity index is 1.68. The molecule has 1 amide bonds. The van der Waals surface area contributed by atoms with Crippen molar-refractivity contribution in [3.63, 3.8) is 0 Å². The first kappa shape index (κ1) is 16.4. The maximum atomic E-state index is 13.3. The number of carbonyl (C=O) groups is 1. The normalized spacial score (nSPS) is 22.5. The molecule has 2 saturated heterocycles. The Bertz CT molecular complexity index is 554. The van der Waals surface area contributed by atoms with E-state index in [2.05, 4.69) is 4.90 Å². The van der Waals surface area contributed by atoms with Crippen molar-refractivity contribution >= 4 is 5.91 Å². The van der Waals surface area contributed by atoms with E-state index in [1.54, 1.807) is 6.07 Å². The van der Waals surface area contributed by atoms with Gasteiger partial charge in [-0.3, -0.25) is 4.79 Å². The van der Waals surface area contributed by atoms with E-state index >= 15 is 0 Å². The van der Waals surface area contributed by atoms with E-state index < -0.39 is 0 Å². The zero-order valence-electron chi connectivity index (χ0n) is 14.1. The van der Waals surface area contributed by atoms with Crippen LogP contribution in [0.3, 0.4) is 0 Å². The van der Waals surface area contributed by atoms with Crippen LogP contribution in [0.5, 0.6) is 0 Å². The van der Waals surface area contributed by atoms with E-state index in [4.69, 9.17) is 0 Å². The molecule has 2 fully saturated rings. The molecule has 0 aromatic heterocycles. The molecule has 1 aromatic rings. The summed E-state index contributed by atoms with van der Waals surface area (Å²) in [6, 6.07) is 4.82. The molecule has 4 heteroatoms. The van der Waals surface area contributed by atoms with Crippen LogP contribution in [0.25, 0.3) is 0 Å². The predicted octanol–water partition coefficient (Wildman–Crippen LogP) is 3.61. The fourth-order valence-corrected chi connectivity index (χ4v) is 3.93. The monoisotopic (exact) mass is 318 g/mol. The van der Waals surface area contributed by atoms with Crippen molar-refractivity contribution in [3.8, 4) is 0 Å². The fourth-order valence-electron chi connectivity index (χ4n) is 3.93. The fraction of sp³-hybridized carbons (Fsp3) is 0.632. The van der Waals surface area contributed by atoms with Gasteiger partial charge in [-0.2, -0.15) is 0 Å². The van der Waals surface area contributed by atoms with Gasteiger partial charge >= 0.3 is 0 Å². The maximum absolute atomic E-state index is 13.3. The molecule has 1 aromatic carbocycles. The molecule has 1 atom stereocenters. The number of carbonyl (C=O) groups excluding carboxylic acids is 1. The largest absolute Gasteiger partial charge is 0.336 e. The van der Waals surface area contributed by atoms with Gasteiger partial charge < -0.3 is 9.80 Å². The highest BCUT2D eigenvalue weighted by molar-refractivity contribution is 5.95. The minimum absolute atomic E-state index is 0.0774. The Hall–Kier alpha value is -1.42. The SMILES string of the molecule is Cc1cc(F)ccc1C(=O)N1CCCC[C@@H]1CCN1CCCC1. The van der Waals surface area contributed by atoms with Crippen LogP contribution >= 0.6 is 0 Å². The lowest BCUT2D eigenvalue weighted by Crippen LogP contribution is -2.45. The molecule has 23 heavy (non-hydrogen) atoms. The molecule has 3 rings (SSSR count). The van der Waals surface area contributed by atoms with Gasteiger partial charge in [0.1, 0.15) is 5.82 Å². The summed E-state index contributed by atoms with van der Waals surface area (Å²) in [5.41, 5.74) is 1.39. The number of hydrogen-bond acceptors (Lipinski definition) is 2. The first-order chi connectivity index (χ1) is 11.1. The molecule has 2 heterocycles. The van der Waals surface area contributed by atoms with Crippen LogP contribution in [0.15, 0.2) is 18.2 Å². The van der Waals surface area contributed by atoms with Gasteiger partial charge in [0.05, 0.1) is 0 Å². The minimum atomic E-state index is -0.275. The van der Waals surface area contributed by atoms with Crippen molar-refractivity contribution in [1.29, 1.82) is 0 Å². The van der Waals surface area contributed by atoms with Gasteiger partial charge in [0.15, 0.2) is 0 Å². The van der Waals surface area contributed by atoms with Crippen LogP contribution in [0.1, 0.15) is 54.4 Å². The molecule has 0 radical (unpaired) electrons. The molecule has 3 nitrogen and oxygen atoms in total. The molecule has 0 unspecified atom stereocenters. The molecule has 2 aliphatic rings. The van der Waals surface area contributed by atoms with Crippen LogP contribution in [-0.2, 0) is 0 Å². The second-order valence-electron chi connectivity index (χ2n) is 6.94. The second kappa shape index (κ2) is 7.43. The van der Waals surface area contributed by atoms with Crippen molar-refractivity contribution < 1.29 is 9.18 Å². The number of rotatable bonds is 4. The van der Waals surface area contributed by atoms with Crippen molar-refractivity contribution in [2.75, 3.05) is 26.2 Å². The Morgan fingerprint density at radius 1 is 1.17 bits per heavy atom. The first-order valence-electron chi connectivity index (χ1n) is 8.94. The molecular weight excluding hydrogens is 291 g/mol. The third-order valence-corrected chi connectivity index (χ3v) is 5.28. The van der Waals surface area contributed by atoms with Crippen LogP contribution in [-0.4, -0.2) is 47.9 Å². The first-order valence-corrected chi connectivity index (χ1v) is 8.94. The van der Waals surface area contributed by atoms with E-state index in [0.717, 1.165) is 37.9 Å². The summed E-state index contributed by atoms with van der Waals surface area (Å²) in [7, 11) is 0. The third-order valence-electron chi connectivity index (χ3n) is 5.28. The molecule has 0 spiro atoms. The van der Waals surface area contributed by atoms with Crippen molar-refractivity contribution in [1.82, 2.24) is 9.80 Å². The summed E-state index contributed by atoms with van der Waals surface area (Å²) in [5, 5.41) is 0. The maximum Gasteiger partial charge on any atom is 0.254 e. The van der Waals surface area contributed by atoms with Crippen LogP contribution in [0.2, 0.25) is 0 Å². The molecule has 0 bridgehead atoms. The number of piperidine rings is 1. The van der Waals surface area contributed by atoms with E-state index in [0.29, 0.717) is 11.6 Å². The average molecular weight is 318 g/mol. The van der Waals surface area contributed by atoms with E-state index in [1.165, 1.54) is 44.5 Å². The van der Waals surface area contributed by atoms with E-state index in [-0.39, 0.29) is 11.7 Å². The van der Waals surface area contributed by atoms with Crippen molar-refractivity contribution in [3.05, 3.63) is 35.1 Å². The highest BCUT2D eigenvalue weighted by atomic mass is 19.1. The van der Waals surface area contributed by atoms with Gasteiger partial charge in [0, 0.05) is 24.7 Å². The van der Waals surface area contributed by atoms with Gasteiger partial charge in [-0.05, 0) is 82.3 Å². The quantitative estimate of drug-likeness (QED) is 0.846. The summed E-state index contributed by atoms with van der Waals surface area (Å²) in [6.07, 6.45) is 7.05. The number of halogens is 1. The average Bonchev–Trinajstić information content (AvgIpc) is 3.06. The molecular formula is C19H27FN2O. The Morgan fingerprint density at radius 2 is 1.91 bits per heavy atom. The summed E-state index contributed by atoms with van der Waals surface area (Å²) in [6.45, 7) is 6.16.